The van der Waals surface area contributed by atoms with Gasteiger partial charge in [-0.05, 0) is 55.8 Å². The van der Waals surface area contributed by atoms with Crippen LogP contribution in [0, 0.1) is 11.7 Å². The molecule has 2 rings (SSSR count). The lowest BCUT2D eigenvalue weighted by Crippen LogP contribution is -2.43. The van der Waals surface area contributed by atoms with E-state index in [4.69, 9.17) is 11.6 Å². The van der Waals surface area contributed by atoms with Crippen LogP contribution in [0.15, 0.2) is 18.2 Å². The van der Waals surface area contributed by atoms with Crippen LogP contribution in [0.1, 0.15) is 38.7 Å². The van der Waals surface area contributed by atoms with Gasteiger partial charge in [-0.1, -0.05) is 31.5 Å². The molecule has 1 nitrogen and oxygen atoms in total. The third-order valence-electron chi connectivity index (χ3n) is 3.66. The third-order valence-corrected chi connectivity index (χ3v) is 3.95. The highest BCUT2D eigenvalue weighted by Gasteiger charge is 2.34. The van der Waals surface area contributed by atoms with E-state index < -0.39 is 0 Å². The van der Waals surface area contributed by atoms with Crippen molar-refractivity contribution < 1.29 is 4.39 Å². The van der Waals surface area contributed by atoms with Gasteiger partial charge in [0.1, 0.15) is 5.82 Å². The molecule has 1 atom stereocenters. The molecular formula is C15H21ClFN. The van der Waals surface area contributed by atoms with Crippen LogP contribution in [-0.2, 0) is 6.42 Å². The summed E-state index contributed by atoms with van der Waals surface area (Å²) in [6, 6.07) is 5.08. The van der Waals surface area contributed by atoms with Gasteiger partial charge in [-0.25, -0.2) is 4.39 Å². The molecular weight excluding hydrogens is 249 g/mol. The summed E-state index contributed by atoms with van der Waals surface area (Å²) < 4.78 is 13.2. The van der Waals surface area contributed by atoms with Crippen molar-refractivity contribution in [2.24, 2.45) is 5.92 Å². The van der Waals surface area contributed by atoms with Gasteiger partial charge in [-0.2, -0.15) is 0 Å². The van der Waals surface area contributed by atoms with Gasteiger partial charge in [0.25, 0.3) is 0 Å². The van der Waals surface area contributed by atoms with Crippen LogP contribution < -0.4 is 5.32 Å². The Morgan fingerprint density at radius 3 is 2.78 bits per heavy atom. The quantitative estimate of drug-likeness (QED) is 0.864. The summed E-state index contributed by atoms with van der Waals surface area (Å²) in [7, 11) is 0. The van der Waals surface area contributed by atoms with Crippen molar-refractivity contribution in [1.82, 2.24) is 5.32 Å². The van der Waals surface area contributed by atoms with Crippen LogP contribution in [0.3, 0.4) is 0 Å². The van der Waals surface area contributed by atoms with Crippen molar-refractivity contribution in [3.63, 3.8) is 0 Å². The van der Waals surface area contributed by atoms with Gasteiger partial charge in [0.15, 0.2) is 0 Å². The summed E-state index contributed by atoms with van der Waals surface area (Å²) in [5.74, 6) is 0.323. The lowest BCUT2D eigenvalue weighted by Gasteiger charge is -2.32. The second-order valence-corrected chi connectivity index (χ2v) is 6.24. The molecule has 0 bridgehead atoms. The molecule has 1 aromatic rings. The molecule has 1 aromatic carbocycles. The van der Waals surface area contributed by atoms with Crippen LogP contribution in [0.25, 0.3) is 0 Å². The molecule has 1 heterocycles. The van der Waals surface area contributed by atoms with E-state index in [9.17, 15) is 4.39 Å². The van der Waals surface area contributed by atoms with E-state index in [1.165, 1.54) is 18.9 Å². The van der Waals surface area contributed by atoms with Gasteiger partial charge in [0, 0.05) is 5.54 Å². The zero-order valence-corrected chi connectivity index (χ0v) is 11.9. The molecule has 1 aliphatic heterocycles. The van der Waals surface area contributed by atoms with E-state index in [0.717, 1.165) is 24.9 Å². The van der Waals surface area contributed by atoms with Crippen LogP contribution in [0.4, 0.5) is 4.39 Å². The first-order valence-corrected chi connectivity index (χ1v) is 7.07. The van der Waals surface area contributed by atoms with Gasteiger partial charge in [0.05, 0.1) is 5.02 Å². The fraction of sp³-hybridized carbons (Fsp3) is 0.600. The topological polar surface area (TPSA) is 12.0 Å². The zero-order chi connectivity index (χ0) is 13.2. The largest absolute Gasteiger partial charge is 0.311 e. The average Bonchev–Trinajstić information content (AvgIpc) is 2.71. The van der Waals surface area contributed by atoms with E-state index in [2.05, 4.69) is 19.2 Å². The molecule has 0 spiro atoms. The molecule has 100 valence electrons. The molecule has 0 radical (unpaired) electrons. The number of halogens is 2. The van der Waals surface area contributed by atoms with E-state index in [1.807, 2.05) is 6.07 Å². The Hall–Kier alpha value is -0.600. The molecule has 0 aliphatic carbocycles. The fourth-order valence-corrected chi connectivity index (χ4v) is 3.29. The Labute approximate surface area is 114 Å². The van der Waals surface area contributed by atoms with Gasteiger partial charge < -0.3 is 5.32 Å². The summed E-state index contributed by atoms with van der Waals surface area (Å²) in [6.45, 7) is 5.58. The zero-order valence-electron chi connectivity index (χ0n) is 11.1. The van der Waals surface area contributed by atoms with Gasteiger partial charge in [0.2, 0.25) is 0 Å². The number of hydrogen-bond donors (Lipinski definition) is 1. The molecule has 1 unspecified atom stereocenters. The van der Waals surface area contributed by atoms with Crippen molar-refractivity contribution in [3.05, 3.63) is 34.6 Å². The maximum atomic E-state index is 13.2. The highest BCUT2D eigenvalue weighted by Crippen LogP contribution is 2.31. The summed E-state index contributed by atoms with van der Waals surface area (Å²) in [5.41, 5.74) is 1.30. The summed E-state index contributed by atoms with van der Waals surface area (Å²) in [4.78, 5) is 0. The standard InChI is InChI=1S/C15H21ClFN/c1-11(2)9-15(6-3-7-18-15)10-12-4-5-14(17)13(16)8-12/h4-5,8,11,18H,3,6-7,9-10H2,1-2H3. The summed E-state index contributed by atoms with van der Waals surface area (Å²) >= 11 is 5.86. The Morgan fingerprint density at radius 1 is 1.44 bits per heavy atom. The molecule has 0 amide bonds. The van der Waals surface area contributed by atoms with Crippen molar-refractivity contribution in [3.8, 4) is 0 Å². The number of hydrogen-bond acceptors (Lipinski definition) is 1. The van der Waals surface area contributed by atoms with E-state index >= 15 is 0 Å². The molecule has 0 saturated carbocycles. The summed E-state index contributed by atoms with van der Waals surface area (Å²) in [6.07, 6.45) is 4.51. The first-order valence-electron chi connectivity index (χ1n) is 6.70. The molecule has 1 N–H and O–H groups in total. The molecule has 1 fully saturated rings. The fourth-order valence-electron chi connectivity index (χ4n) is 3.09. The minimum Gasteiger partial charge on any atom is -0.311 e. The van der Waals surface area contributed by atoms with Crippen molar-refractivity contribution in [1.29, 1.82) is 0 Å². The monoisotopic (exact) mass is 269 g/mol. The second kappa shape index (κ2) is 5.58. The number of rotatable bonds is 4. The number of benzene rings is 1. The van der Waals surface area contributed by atoms with E-state index in [1.54, 1.807) is 6.07 Å². The normalized spacial score (nSPS) is 23.8. The van der Waals surface area contributed by atoms with E-state index in [-0.39, 0.29) is 16.4 Å². The lowest BCUT2D eigenvalue weighted by molar-refractivity contribution is 0.301. The van der Waals surface area contributed by atoms with Crippen LogP contribution in [0.5, 0.6) is 0 Å². The van der Waals surface area contributed by atoms with Gasteiger partial charge in [-0.3, -0.25) is 0 Å². The third kappa shape index (κ3) is 3.24. The molecule has 3 heteroatoms. The lowest BCUT2D eigenvalue weighted by atomic mass is 9.82. The Balaban J connectivity index is 2.15. The van der Waals surface area contributed by atoms with Crippen molar-refractivity contribution >= 4 is 11.6 Å². The smallest absolute Gasteiger partial charge is 0.141 e. The minimum absolute atomic E-state index is 0.176. The van der Waals surface area contributed by atoms with E-state index in [0.29, 0.717) is 5.92 Å². The molecule has 1 aliphatic rings. The first kappa shape index (κ1) is 13.8. The highest BCUT2D eigenvalue weighted by molar-refractivity contribution is 6.30. The molecule has 1 saturated heterocycles. The Bertz CT molecular complexity index is 411. The Kier molecular flexibility index (Phi) is 4.29. The predicted octanol–water partition coefficient (Wildman–Crippen LogP) is 4.19. The Morgan fingerprint density at radius 2 is 2.22 bits per heavy atom. The maximum Gasteiger partial charge on any atom is 0.141 e. The maximum absolute atomic E-state index is 13.2. The van der Waals surface area contributed by atoms with Crippen LogP contribution in [0.2, 0.25) is 5.02 Å². The van der Waals surface area contributed by atoms with Gasteiger partial charge in [-0.15, -0.1) is 0 Å². The first-order chi connectivity index (χ1) is 8.51. The van der Waals surface area contributed by atoms with Crippen molar-refractivity contribution in [2.45, 2.75) is 45.1 Å². The van der Waals surface area contributed by atoms with Crippen molar-refractivity contribution in [2.75, 3.05) is 6.54 Å². The second-order valence-electron chi connectivity index (χ2n) is 5.83. The average molecular weight is 270 g/mol. The molecule has 0 aromatic heterocycles. The molecule has 18 heavy (non-hydrogen) atoms. The number of nitrogens with one attached hydrogen (secondary N) is 1. The predicted molar refractivity (Wildman–Crippen MR) is 74.5 cm³/mol. The SMILES string of the molecule is CC(C)CC1(Cc2ccc(F)c(Cl)c2)CCCN1. The summed E-state index contributed by atoms with van der Waals surface area (Å²) in [5, 5.41) is 3.87. The van der Waals surface area contributed by atoms with Gasteiger partial charge >= 0.3 is 0 Å². The minimum atomic E-state index is -0.335. The highest BCUT2D eigenvalue weighted by atomic mass is 35.5. The van der Waals surface area contributed by atoms with Crippen LogP contribution in [-0.4, -0.2) is 12.1 Å². The van der Waals surface area contributed by atoms with Crippen LogP contribution >= 0.6 is 11.6 Å².